The SMILES string of the molecule is CC1CN(C(=O)NCc2ccccc2N2CCCCC2)CCN1CC(C)(C)O. The fourth-order valence-corrected chi connectivity index (χ4v) is 4.30. The molecule has 1 unspecified atom stereocenters. The number of nitrogens with one attached hydrogen (secondary N) is 1. The van der Waals surface area contributed by atoms with E-state index in [0.717, 1.165) is 19.6 Å². The first-order valence-corrected chi connectivity index (χ1v) is 10.7. The molecule has 0 spiro atoms. The number of hydrogen-bond donors (Lipinski definition) is 2. The lowest BCUT2D eigenvalue weighted by Gasteiger charge is -2.42. The second kappa shape index (κ2) is 9.14. The number of anilines is 1. The van der Waals surface area contributed by atoms with E-state index in [4.69, 9.17) is 0 Å². The molecule has 1 atom stereocenters. The molecule has 28 heavy (non-hydrogen) atoms. The van der Waals surface area contributed by atoms with Crippen molar-refractivity contribution in [1.29, 1.82) is 0 Å². The number of rotatable bonds is 5. The average Bonchev–Trinajstić information content (AvgIpc) is 2.67. The third-order valence-electron chi connectivity index (χ3n) is 5.76. The quantitative estimate of drug-likeness (QED) is 0.814. The molecular weight excluding hydrogens is 352 g/mol. The van der Waals surface area contributed by atoms with E-state index in [1.54, 1.807) is 0 Å². The van der Waals surface area contributed by atoms with Gasteiger partial charge in [-0.1, -0.05) is 18.2 Å². The van der Waals surface area contributed by atoms with Crippen molar-refractivity contribution in [3.8, 4) is 0 Å². The second-order valence-electron chi connectivity index (χ2n) is 8.91. The number of para-hydroxylation sites is 1. The van der Waals surface area contributed by atoms with Gasteiger partial charge in [-0.2, -0.15) is 0 Å². The van der Waals surface area contributed by atoms with Crippen molar-refractivity contribution in [3.63, 3.8) is 0 Å². The normalized spacial score (nSPS) is 21.6. The maximum Gasteiger partial charge on any atom is 0.317 e. The Morgan fingerprint density at radius 2 is 1.86 bits per heavy atom. The Balaban J connectivity index is 1.54. The van der Waals surface area contributed by atoms with E-state index in [0.29, 0.717) is 26.2 Å². The number of β-amino-alcohol motifs (C(OH)–C–C–N with tert-alkyl or cyclic N) is 1. The van der Waals surface area contributed by atoms with Crippen molar-refractivity contribution < 1.29 is 9.90 Å². The molecule has 1 aromatic rings. The molecule has 0 radical (unpaired) electrons. The monoisotopic (exact) mass is 388 g/mol. The van der Waals surface area contributed by atoms with Crippen LogP contribution < -0.4 is 10.2 Å². The van der Waals surface area contributed by atoms with Gasteiger partial charge in [-0.15, -0.1) is 0 Å². The summed E-state index contributed by atoms with van der Waals surface area (Å²) in [6.07, 6.45) is 3.80. The van der Waals surface area contributed by atoms with E-state index in [9.17, 15) is 9.90 Å². The number of piperazine rings is 1. The van der Waals surface area contributed by atoms with Crippen LogP contribution in [0.4, 0.5) is 10.5 Å². The van der Waals surface area contributed by atoms with Gasteiger partial charge in [0.2, 0.25) is 0 Å². The Morgan fingerprint density at radius 1 is 1.14 bits per heavy atom. The third-order valence-corrected chi connectivity index (χ3v) is 5.76. The fraction of sp³-hybridized carbons (Fsp3) is 0.682. The third kappa shape index (κ3) is 5.61. The first-order valence-electron chi connectivity index (χ1n) is 10.7. The van der Waals surface area contributed by atoms with Crippen LogP contribution in [-0.4, -0.2) is 71.8 Å². The van der Waals surface area contributed by atoms with Crippen molar-refractivity contribution >= 4 is 11.7 Å². The van der Waals surface area contributed by atoms with Crippen molar-refractivity contribution in [3.05, 3.63) is 29.8 Å². The van der Waals surface area contributed by atoms with E-state index in [-0.39, 0.29) is 12.1 Å². The topological polar surface area (TPSA) is 59.1 Å². The van der Waals surface area contributed by atoms with Crippen molar-refractivity contribution in [1.82, 2.24) is 15.1 Å². The highest BCUT2D eigenvalue weighted by Crippen LogP contribution is 2.24. The van der Waals surface area contributed by atoms with Gasteiger partial charge < -0.3 is 20.2 Å². The number of hydrogen-bond acceptors (Lipinski definition) is 4. The highest BCUT2D eigenvalue weighted by atomic mass is 16.3. The van der Waals surface area contributed by atoms with Gasteiger partial charge in [0.05, 0.1) is 5.60 Å². The molecule has 0 aliphatic carbocycles. The molecule has 0 bridgehead atoms. The van der Waals surface area contributed by atoms with E-state index < -0.39 is 5.60 Å². The Hall–Kier alpha value is -1.79. The zero-order chi connectivity index (χ0) is 20.1. The summed E-state index contributed by atoms with van der Waals surface area (Å²) in [5.41, 5.74) is 1.73. The number of urea groups is 1. The predicted molar refractivity (Wildman–Crippen MR) is 114 cm³/mol. The van der Waals surface area contributed by atoms with Crippen LogP contribution >= 0.6 is 0 Å². The van der Waals surface area contributed by atoms with Gasteiger partial charge in [0.15, 0.2) is 0 Å². The molecule has 1 aromatic carbocycles. The molecule has 2 heterocycles. The molecule has 2 aliphatic rings. The largest absolute Gasteiger partial charge is 0.389 e. The van der Waals surface area contributed by atoms with Gasteiger partial charge in [0, 0.05) is 57.5 Å². The minimum absolute atomic E-state index is 0.00297. The van der Waals surface area contributed by atoms with Gasteiger partial charge >= 0.3 is 6.03 Å². The molecule has 2 fully saturated rings. The lowest BCUT2D eigenvalue weighted by Crippen LogP contribution is -2.58. The highest BCUT2D eigenvalue weighted by molar-refractivity contribution is 5.74. The smallest absolute Gasteiger partial charge is 0.317 e. The number of amides is 2. The van der Waals surface area contributed by atoms with Crippen molar-refractivity contribution in [2.24, 2.45) is 0 Å². The Kier molecular flexibility index (Phi) is 6.83. The molecule has 6 heteroatoms. The number of piperidine rings is 1. The lowest BCUT2D eigenvalue weighted by atomic mass is 10.1. The first kappa shape index (κ1) is 20.9. The standard InChI is InChI=1S/C22H36N4O2/c1-18-16-25(13-14-26(18)17-22(2,3)28)21(27)23-15-19-9-5-6-10-20(19)24-11-7-4-8-12-24/h5-6,9-10,18,28H,4,7-8,11-17H2,1-3H3,(H,23,27). The number of aliphatic hydroxyl groups is 1. The zero-order valence-electron chi connectivity index (χ0n) is 17.7. The predicted octanol–water partition coefficient (Wildman–Crippen LogP) is 2.66. The highest BCUT2D eigenvalue weighted by Gasteiger charge is 2.29. The second-order valence-corrected chi connectivity index (χ2v) is 8.91. The number of nitrogens with zero attached hydrogens (tertiary/aromatic N) is 3. The van der Waals surface area contributed by atoms with Gasteiger partial charge in [0.1, 0.15) is 0 Å². The van der Waals surface area contributed by atoms with E-state index >= 15 is 0 Å². The summed E-state index contributed by atoms with van der Waals surface area (Å²) in [6, 6.07) is 8.67. The summed E-state index contributed by atoms with van der Waals surface area (Å²) < 4.78 is 0. The maximum absolute atomic E-state index is 12.7. The van der Waals surface area contributed by atoms with Crippen molar-refractivity contribution in [2.45, 2.75) is 58.2 Å². The van der Waals surface area contributed by atoms with Gasteiger partial charge in [-0.3, -0.25) is 4.90 Å². The first-order chi connectivity index (χ1) is 13.3. The summed E-state index contributed by atoms with van der Waals surface area (Å²) in [4.78, 5) is 19.3. The van der Waals surface area contributed by atoms with E-state index in [1.807, 2.05) is 24.8 Å². The van der Waals surface area contributed by atoms with Crippen molar-refractivity contribution in [2.75, 3.05) is 44.2 Å². The molecule has 2 saturated heterocycles. The van der Waals surface area contributed by atoms with E-state index in [2.05, 4.69) is 40.2 Å². The van der Waals surface area contributed by atoms with Crippen LogP contribution in [0.5, 0.6) is 0 Å². The van der Waals surface area contributed by atoms with Crippen LogP contribution in [-0.2, 0) is 6.54 Å². The van der Waals surface area contributed by atoms with Crippen LogP contribution in [0.25, 0.3) is 0 Å². The summed E-state index contributed by atoms with van der Waals surface area (Å²) in [6.45, 7) is 11.4. The molecule has 2 aliphatic heterocycles. The van der Waals surface area contributed by atoms with Gasteiger partial charge in [-0.25, -0.2) is 4.79 Å². The minimum Gasteiger partial charge on any atom is -0.389 e. The Labute approximate surface area is 169 Å². The zero-order valence-corrected chi connectivity index (χ0v) is 17.7. The molecule has 156 valence electrons. The summed E-state index contributed by atoms with van der Waals surface area (Å²) in [5.74, 6) is 0. The minimum atomic E-state index is -0.711. The van der Waals surface area contributed by atoms with Crippen LogP contribution in [0.1, 0.15) is 45.6 Å². The Morgan fingerprint density at radius 3 is 2.54 bits per heavy atom. The molecule has 0 saturated carbocycles. The summed E-state index contributed by atoms with van der Waals surface area (Å²) in [5, 5.41) is 13.2. The summed E-state index contributed by atoms with van der Waals surface area (Å²) in [7, 11) is 0. The van der Waals surface area contributed by atoms with Crippen LogP contribution in [0.3, 0.4) is 0 Å². The molecule has 6 nitrogen and oxygen atoms in total. The average molecular weight is 389 g/mol. The molecule has 3 rings (SSSR count). The number of carbonyl (C=O) groups excluding carboxylic acids is 1. The fourth-order valence-electron chi connectivity index (χ4n) is 4.30. The van der Waals surface area contributed by atoms with Crippen LogP contribution in [0, 0.1) is 0 Å². The van der Waals surface area contributed by atoms with Gasteiger partial charge in [-0.05, 0) is 51.7 Å². The van der Waals surface area contributed by atoms with E-state index in [1.165, 1.54) is 30.5 Å². The lowest BCUT2D eigenvalue weighted by molar-refractivity contribution is 0.00291. The van der Waals surface area contributed by atoms with Crippen LogP contribution in [0.2, 0.25) is 0 Å². The maximum atomic E-state index is 12.7. The molecular formula is C22H36N4O2. The number of benzene rings is 1. The summed E-state index contributed by atoms with van der Waals surface area (Å²) >= 11 is 0. The molecule has 2 N–H and O–H groups in total. The number of carbonyl (C=O) groups is 1. The van der Waals surface area contributed by atoms with Gasteiger partial charge in [0.25, 0.3) is 0 Å². The molecule has 2 amide bonds. The van der Waals surface area contributed by atoms with Crippen LogP contribution in [0.15, 0.2) is 24.3 Å². The molecule has 0 aromatic heterocycles. The Bertz CT molecular complexity index is 652.